The van der Waals surface area contributed by atoms with E-state index in [0.29, 0.717) is 11.5 Å². The number of esters is 2. The summed E-state index contributed by atoms with van der Waals surface area (Å²) < 4.78 is 11.4. The molecule has 0 aliphatic rings. The second-order valence-electron chi connectivity index (χ2n) is 7.28. The molecule has 0 bridgehead atoms. The van der Waals surface area contributed by atoms with Crippen molar-refractivity contribution in [3.63, 3.8) is 0 Å². The first-order valence-electron chi connectivity index (χ1n) is 10.2. The van der Waals surface area contributed by atoms with Crippen LogP contribution in [0.2, 0.25) is 0 Å². The summed E-state index contributed by atoms with van der Waals surface area (Å²) in [5.74, 6) is -0.366. The number of rotatable bonds is 4. The average molecular weight is 418 g/mol. The fraction of sp³-hybridized carbons (Fsp3) is 0. The normalized spacial score (nSPS) is 10.8. The van der Waals surface area contributed by atoms with Gasteiger partial charge in [-0.2, -0.15) is 0 Å². The van der Waals surface area contributed by atoms with Crippen LogP contribution in [0.3, 0.4) is 0 Å². The van der Waals surface area contributed by atoms with Gasteiger partial charge < -0.3 is 9.47 Å². The number of carbonyl (C=O) groups is 2. The molecule has 0 fully saturated rings. The van der Waals surface area contributed by atoms with E-state index >= 15 is 0 Å². The maximum atomic E-state index is 13.0. The lowest BCUT2D eigenvalue weighted by Gasteiger charge is -2.12. The first kappa shape index (κ1) is 19.5. The molecule has 0 spiro atoms. The van der Waals surface area contributed by atoms with Crippen LogP contribution in [0.5, 0.6) is 11.5 Å². The van der Waals surface area contributed by atoms with Crippen molar-refractivity contribution < 1.29 is 19.1 Å². The minimum absolute atomic E-state index is 0.144. The van der Waals surface area contributed by atoms with Gasteiger partial charge in [-0.1, -0.05) is 84.9 Å². The van der Waals surface area contributed by atoms with Gasteiger partial charge in [-0.05, 0) is 35.0 Å². The van der Waals surface area contributed by atoms with Gasteiger partial charge in [0.1, 0.15) is 11.5 Å². The largest absolute Gasteiger partial charge is 0.422 e. The van der Waals surface area contributed by atoms with E-state index < -0.39 is 11.9 Å². The molecule has 5 rings (SSSR count). The van der Waals surface area contributed by atoms with E-state index in [1.54, 1.807) is 36.4 Å². The Hall–Kier alpha value is -4.44. The van der Waals surface area contributed by atoms with Crippen molar-refractivity contribution in [2.75, 3.05) is 0 Å². The number of ether oxygens (including phenoxy) is 2. The molecule has 4 heteroatoms. The first-order valence-corrected chi connectivity index (χ1v) is 10.2. The molecule has 0 N–H and O–H groups in total. The fourth-order valence-electron chi connectivity index (χ4n) is 3.72. The molecule has 0 aromatic heterocycles. The maximum Gasteiger partial charge on any atom is 0.344 e. The molecule has 0 amide bonds. The highest BCUT2D eigenvalue weighted by atomic mass is 16.5. The molecular formula is C28H18O4. The molecule has 0 saturated carbocycles. The fourth-order valence-corrected chi connectivity index (χ4v) is 3.72. The van der Waals surface area contributed by atoms with E-state index in [4.69, 9.17) is 9.47 Å². The van der Waals surface area contributed by atoms with Gasteiger partial charge in [0, 0.05) is 10.8 Å². The van der Waals surface area contributed by atoms with Crippen molar-refractivity contribution in [3.8, 4) is 11.5 Å². The van der Waals surface area contributed by atoms with Crippen molar-refractivity contribution in [1.29, 1.82) is 0 Å². The lowest BCUT2D eigenvalue weighted by Crippen LogP contribution is -2.17. The van der Waals surface area contributed by atoms with Crippen LogP contribution in [0.15, 0.2) is 109 Å². The van der Waals surface area contributed by atoms with E-state index in [9.17, 15) is 9.59 Å². The Morgan fingerprint density at radius 3 is 1.28 bits per heavy atom. The number of hydrogen-bond acceptors (Lipinski definition) is 4. The zero-order valence-corrected chi connectivity index (χ0v) is 17.0. The van der Waals surface area contributed by atoms with Gasteiger partial charge in [-0.3, -0.25) is 0 Å². The Morgan fingerprint density at radius 1 is 0.438 bits per heavy atom. The first-order chi connectivity index (χ1) is 15.7. The SMILES string of the molecule is O=C(Oc1cccc2ccccc12)c1ccccc1C(=O)Oc1cccc2ccccc12. The van der Waals surface area contributed by atoms with Crippen LogP contribution in [0.25, 0.3) is 21.5 Å². The molecule has 5 aromatic carbocycles. The van der Waals surface area contributed by atoms with E-state index in [0.717, 1.165) is 21.5 Å². The highest BCUT2D eigenvalue weighted by molar-refractivity contribution is 6.06. The number of benzene rings is 5. The molecule has 5 aromatic rings. The molecule has 0 saturated heterocycles. The summed E-state index contributed by atoms with van der Waals surface area (Å²) in [6, 6.07) is 32.8. The predicted molar refractivity (Wildman–Crippen MR) is 124 cm³/mol. The van der Waals surface area contributed by atoms with Crippen molar-refractivity contribution in [2.45, 2.75) is 0 Å². The minimum Gasteiger partial charge on any atom is -0.422 e. The van der Waals surface area contributed by atoms with Gasteiger partial charge in [-0.25, -0.2) is 9.59 Å². The smallest absolute Gasteiger partial charge is 0.344 e. The maximum absolute atomic E-state index is 13.0. The van der Waals surface area contributed by atoms with Crippen LogP contribution < -0.4 is 9.47 Å². The standard InChI is InChI=1S/C28H18O4/c29-27(31-25-17-7-11-19-9-1-3-13-21(19)25)23-15-5-6-16-24(23)28(30)32-26-18-8-12-20-10-2-4-14-22(20)26/h1-18H. The number of hydrogen-bond donors (Lipinski definition) is 0. The average Bonchev–Trinajstić information content (AvgIpc) is 2.84. The second kappa shape index (κ2) is 8.36. The third kappa shape index (κ3) is 3.70. The molecule has 32 heavy (non-hydrogen) atoms. The van der Waals surface area contributed by atoms with Crippen LogP contribution in [-0.4, -0.2) is 11.9 Å². The van der Waals surface area contributed by atoms with Crippen LogP contribution >= 0.6 is 0 Å². The monoisotopic (exact) mass is 418 g/mol. The summed E-state index contributed by atoms with van der Waals surface area (Å²) in [7, 11) is 0. The Labute approximate surface area is 184 Å². The van der Waals surface area contributed by atoms with Crippen LogP contribution in [0.1, 0.15) is 20.7 Å². The highest BCUT2D eigenvalue weighted by Gasteiger charge is 2.21. The third-order valence-electron chi connectivity index (χ3n) is 5.27. The van der Waals surface area contributed by atoms with Crippen LogP contribution in [-0.2, 0) is 0 Å². The quantitative estimate of drug-likeness (QED) is 0.249. The molecule has 0 heterocycles. The summed E-state index contributed by atoms with van der Waals surface area (Å²) in [5.41, 5.74) is 0.288. The van der Waals surface area contributed by atoms with Gasteiger partial charge in [-0.15, -0.1) is 0 Å². The van der Waals surface area contributed by atoms with Gasteiger partial charge in [0.15, 0.2) is 0 Å². The summed E-state index contributed by atoms with van der Waals surface area (Å²) >= 11 is 0. The Kier molecular flexibility index (Phi) is 5.10. The molecule has 4 nitrogen and oxygen atoms in total. The summed E-state index contributed by atoms with van der Waals surface area (Å²) in [6.45, 7) is 0. The third-order valence-corrected chi connectivity index (χ3v) is 5.27. The topological polar surface area (TPSA) is 52.6 Å². The van der Waals surface area contributed by atoms with Gasteiger partial charge in [0.25, 0.3) is 0 Å². The van der Waals surface area contributed by atoms with Crippen LogP contribution in [0.4, 0.5) is 0 Å². The van der Waals surface area contributed by atoms with E-state index in [1.807, 2.05) is 72.8 Å². The van der Waals surface area contributed by atoms with Crippen molar-refractivity contribution in [3.05, 3.63) is 120 Å². The minimum atomic E-state index is -0.619. The van der Waals surface area contributed by atoms with E-state index in [1.165, 1.54) is 0 Å². The Balaban J connectivity index is 1.45. The van der Waals surface area contributed by atoms with Crippen molar-refractivity contribution in [2.24, 2.45) is 0 Å². The van der Waals surface area contributed by atoms with Gasteiger partial charge in [0.05, 0.1) is 11.1 Å². The summed E-state index contributed by atoms with van der Waals surface area (Å²) in [5, 5.41) is 3.56. The summed E-state index contributed by atoms with van der Waals surface area (Å²) in [6.07, 6.45) is 0. The Bertz CT molecular complexity index is 1350. The zero-order chi connectivity index (χ0) is 21.9. The molecular weight excluding hydrogens is 400 g/mol. The summed E-state index contributed by atoms with van der Waals surface area (Å²) in [4.78, 5) is 26.0. The number of carbonyl (C=O) groups excluding carboxylic acids is 2. The molecule has 0 unspecified atom stereocenters. The van der Waals surface area contributed by atoms with Gasteiger partial charge in [0.2, 0.25) is 0 Å². The number of fused-ring (bicyclic) bond motifs is 2. The highest BCUT2D eigenvalue weighted by Crippen LogP contribution is 2.28. The van der Waals surface area contributed by atoms with Crippen LogP contribution in [0, 0.1) is 0 Å². The lowest BCUT2D eigenvalue weighted by molar-refractivity contribution is 0.0694. The molecule has 0 aliphatic heterocycles. The Morgan fingerprint density at radius 2 is 0.812 bits per heavy atom. The lowest BCUT2D eigenvalue weighted by atomic mass is 10.1. The van der Waals surface area contributed by atoms with E-state index in [-0.39, 0.29) is 11.1 Å². The molecule has 0 atom stereocenters. The van der Waals surface area contributed by atoms with Crippen molar-refractivity contribution in [1.82, 2.24) is 0 Å². The molecule has 154 valence electrons. The predicted octanol–water partition coefficient (Wildman–Crippen LogP) is 6.43. The second-order valence-corrected chi connectivity index (χ2v) is 7.28. The zero-order valence-electron chi connectivity index (χ0n) is 17.0. The molecule has 0 aliphatic carbocycles. The van der Waals surface area contributed by atoms with Crippen molar-refractivity contribution >= 4 is 33.5 Å². The van der Waals surface area contributed by atoms with Gasteiger partial charge >= 0.3 is 11.9 Å². The van der Waals surface area contributed by atoms with E-state index in [2.05, 4.69) is 0 Å². The molecule has 0 radical (unpaired) electrons.